The summed E-state index contributed by atoms with van der Waals surface area (Å²) in [5.74, 6) is -1.00. The van der Waals surface area contributed by atoms with Crippen LogP contribution in [0.4, 0.5) is 5.69 Å². The number of hydrogen-bond acceptors (Lipinski definition) is 6. The van der Waals surface area contributed by atoms with Gasteiger partial charge in [0, 0.05) is 17.8 Å². The molecule has 0 aliphatic heterocycles. The van der Waals surface area contributed by atoms with Gasteiger partial charge in [0.25, 0.3) is 5.91 Å². The summed E-state index contributed by atoms with van der Waals surface area (Å²) >= 11 is 5.92. The molecular weight excluding hydrogens is 382 g/mol. The van der Waals surface area contributed by atoms with Crippen LogP contribution < -0.4 is 5.32 Å². The zero-order chi connectivity index (χ0) is 20.1. The number of nitriles is 1. The number of para-hydroxylation sites is 2. The number of nitrogens with one attached hydrogen (secondary N) is 1. The van der Waals surface area contributed by atoms with Crippen LogP contribution in [0.3, 0.4) is 0 Å². The monoisotopic (exact) mass is 395 g/mol. The third-order valence-corrected chi connectivity index (χ3v) is 4.00. The molecule has 1 heterocycles. The van der Waals surface area contributed by atoms with Gasteiger partial charge in [-0.05, 0) is 37.3 Å². The molecule has 0 bridgehead atoms. The van der Waals surface area contributed by atoms with Gasteiger partial charge >= 0.3 is 5.97 Å². The van der Waals surface area contributed by atoms with Crippen LogP contribution in [0.2, 0.25) is 5.02 Å². The lowest BCUT2D eigenvalue weighted by Crippen LogP contribution is -2.29. The van der Waals surface area contributed by atoms with Crippen LogP contribution >= 0.6 is 11.6 Å². The largest absolute Gasteiger partial charge is 0.449 e. The zero-order valence-electron chi connectivity index (χ0n) is 14.7. The lowest BCUT2D eigenvalue weighted by Gasteiger charge is -2.12. The van der Waals surface area contributed by atoms with Gasteiger partial charge in [0.15, 0.2) is 11.7 Å². The van der Waals surface area contributed by atoms with Gasteiger partial charge in [-0.2, -0.15) is 5.26 Å². The Labute approximate surface area is 165 Å². The number of aromatic nitrogens is 1. The van der Waals surface area contributed by atoms with Crippen LogP contribution in [0.15, 0.2) is 53.0 Å². The summed E-state index contributed by atoms with van der Waals surface area (Å²) in [4.78, 5) is 28.3. The van der Waals surface area contributed by atoms with Crippen LogP contribution in [-0.2, 0) is 14.3 Å². The lowest BCUT2D eigenvalue weighted by molar-refractivity contribution is -0.148. The average Bonchev–Trinajstić information content (AvgIpc) is 3.09. The van der Waals surface area contributed by atoms with Gasteiger partial charge in [0.05, 0.1) is 10.6 Å². The number of rotatable bonds is 5. The molecule has 1 amide bonds. The van der Waals surface area contributed by atoms with Crippen LogP contribution in [0.25, 0.3) is 17.2 Å². The first-order valence-electron chi connectivity index (χ1n) is 8.21. The minimum atomic E-state index is -1.05. The number of hydrogen-bond donors (Lipinski definition) is 1. The maximum Gasteiger partial charge on any atom is 0.331 e. The van der Waals surface area contributed by atoms with Crippen molar-refractivity contribution in [3.63, 3.8) is 0 Å². The molecule has 7 nitrogen and oxygen atoms in total. The first-order valence-corrected chi connectivity index (χ1v) is 8.59. The van der Waals surface area contributed by atoms with Gasteiger partial charge in [-0.3, -0.25) is 4.79 Å². The highest BCUT2D eigenvalue weighted by Crippen LogP contribution is 2.20. The normalized spacial score (nSPS) is 11.9. The van der Waals surface area contributed by atoms with Crippen LogP contribution in [0.1, 0.15) is 18.4 Å². The predicted molar refractivity (Wildman–Crippen MR) is 103 cm³/mol. The van der Waals surface area contributed by atoms with E-state index in [0.29, 0.717) is 22.4 Å². The molecule has 1 N–H and O–H groups in total. The van der Waals surface area contributed by atoms with E-state index in [9.17, 15) is 9.59 Å². The maximum absolute atomic E-state index is 12.2. The van der Waals surface area contributed by atoms with Crippen molar-refractivity contribution in [2.24, 2.45) is 0 Å². The van der Waals surface area contributed by atoms with Crippen molar-refractivity contribution in [3.05, 3.63) is 65.0 Å². The molecule has 1 atom stereocenters. The molecule has 0 aliphatic carbocycles. The fraction of sp³-hybridized carbons (Fsp3) is 0.100. The molecule has 1 aromatic heterocycles. The topological polar surface area (TPSA) is 105 Å². The Morgan fingerprint density at radius 3 is 2.82 bits per heavy atom. The summed E-state index contributed by atoms with van der Waals surface area (Å²) in [6, 6.07) is 13.6. The van der Waals surface area contributed by atoms with Crippen molar-refractivity contribution in [2.45, 2.75) is 13.0 Å². The SMILES string of the molecule is C[C@@H](OC(=O)/C=C/c1nc2ccccc2o1)C(=O)Nc1ccc(C#N)c(Cl)c1. The molecular formula is C20H14ClN3O4. The van der Waals surface area contributed by atoms with E-state index in [0.717, 1.165) is 6.08 Å². The summed E-state index contributed by atoms with van der Waals surface area (Å²) in [5.41, 5.74) is 1.95. The Balaban J connectivity index is 1.57. The predicted octanol–water partition coefficient (Wildman–Crippen LogP) is 3.94. The molecule has 0 fully saturated rings. The molecule has 2 aromatic carbocycles. The third kappa shape index (κ3) is 4.55. The molecule has 0 saturated carbocycles. The molecule has 28 heavy (non-hydrogen) atoms. The minimum absolute atomic E-state index is 0.214. The van der Waals surface area contributed by atoms with Crippen LogP contribution in [-0.4, -0.2) is 23.0 Å². The van der Waals surface area contributed by atoms with Gasteiger partial charge in [-0.25, -0.2) is 9.78 Å². The third-order valence-electron chi connectivity index (χ3n) is 3.69. The summed E-state index contributed by atoms with van der Waals surface area (Å²) in [7, 11) is 0. The quantitative estimate of drug-likeness (QED) is 0.518. The molecule has 8 heteroatoms. The van der Waals surface area contributed by atoms with Gasteiger partial charge in [0.1, 0.15) is 11.6 Å². The molecule has 0 saturated heterocycles. The molecule has 0 aliphatic rings. The van der Waals surface area contributed by atoms with E-state index in [1.807, 2.05) is 18.2 Å². The fourth-order valence-electron chi connectivity index (χ4n) is 2.30. The molecule has 3 rings (SSSR count). The number of halogens is 1. The summed E-state index contributed by atoms with van der Waals surface area (Å²) in [6.45, 7) is 1.44. The van der Waals surface area contributed by atoms with E-state index >= 15 is 0 Å². The average molecular weight is 396 g/mol. The first kappa shape index (κ1) is 19.1. The fourth-order valence-corrected chi connectivity index (χ4v) is 2.52. The highest BCUT2D eigenvalue weighted by atomic mass is 35.5. The number of anilines is 1. The first-order chi connectivity index (χ1) is 13.5. The van der Waals surface area contributed by atoms with Crippen molar-refractivity contribution in [1.82, 2.24) is 4.98 Å². The molecule has 0 radical (unpaired) electrons. The van der Waals surface area contributed by atoms with E-state index in [1.54, 1.807) is 12.1 Å². The Morgan fingerprint density at radius 1 is 1.32 bits per heavy atom. The Bertz CT molecular complexity index is 1080. The number of esters is 1. The van der Waals surface area contributed by atoms with E-state index < -0.39 is 18.0 Å². The maximum atomic E-state index is 12.2. The van der Waals surface area contributed by atoms with Crippen molar-refractivity contribution >= 4 is 46.3 Å². The number of fused-ring (bicyclic) bond motifs is 1. The van der Waals surface area contributed by atoms with E-state index in [4.69, 9.17) is 26.0 Å². The van der Waals surface area contributed by atoms with Gasteiger partial charge in [-0.15, -0.1) is 0 Å². The number of carbonyl (C=O) groups is 2. The van der Waals surface area contributed by atoms with Crippen molar-refractivity contribution in [3.8, 4) is 6.07 Å². The lowest BCUT2D eigenvalue weighted by atomic mass is 10.2. The number of amides is 1. The molecule has 140 valence electrons. The zero-order valence-corrected chi connectivity index (χ0v) is 15.4. The second kappa shape index (κ2) is 8.37. The highest BCUT2D eigenvalue weighted by Gasteiger charge is 2.17. The standard InChI is InChI=1S/C20H14ClN3O4/c1-12(20(26)23-14-7-6-13(11-22)15(21)10-14)27-19(25)9-8-18-24-16-4-2-3-5-17(16)28-18/h2-10,12H,1H3,(H,23,26)/b9-8+/t12-/m1/s1. The minimum Gasteiger partial charge on any atom is -0.449 e. The second-order valence-corrected chi connectivity index (χ2v) is 6.14. The Kier molecular flexibility index (Phi) is 5.72. The van der Waals surface area contributed by atoms with Gasteiger partial charge in [-0.1, -0.05) is 23.7 Å². The number of carbonyl (C=O) groups excluding carboxylic acids is 2. The van der Waals surface area contributed by atoms with E-state index in [-0.39, 0.29) is 10.9 Å². The number of nitrogens with zero attached hydrogens (tertiary/aromatic N) is 2. The smallest absolute Gasteiger partial charge is 0.331 e. The van der Waals surface area contributed by atoms with E-state index in [1.165, 1.54) is 31.2 Å². The molecule has 0 unspecified atom stereocenters. The van der Waals surface area contributed by atoms with Crippen LogP contribution in [0.5, 0.6) is 0 Å². The van der Waals surface area contributed by atoms with Gasteiger partial charge < -0.3 is 14.5 Å². The molecule has 0 spiro atoms. The summed E-state index contributed by atoms with van der Waals surface area (Å²) in [5, 5.41) is 11.6. The summed E-state index contributed by atoms with van der Waals surface area (Å²) < 4.78 is 10.5. The van der Waals surface area contributed by atoms with Crippen molar-refractivity contribution in [1.29, 1.82) is 5.26 Å². The second-order valence-electron chi connectivity index (χ2n) is 5.73. The number of benzene rings is 2. The number of ether oxygens (including phenoxy) is 1. The number of oxazole rings is 1. The van der Waals surface area contributed by atoms with E-state index in [2.05, 4.69) is 10.3 Å². The van der Waals surface area contributed by atoms with Crippen molar-refractivity contribution < 1.29 is 18.7 Å². The highest BCUT2D eigenvalue weighted by molar-refractivity contribution is 6.32. The van der Waals surface area contributed by atoms with Gasteiger partial charge in [0.2, 0.25) is 5.89 Å². The Hall–Kier alpha value is -3.63. The molecule has 3 aromatic rings. The summed E-state index contributed by atoms with van der Waals surface area (Å²) in [6.07, 6.45) is 1.45. The Morgan fingerprint density at radius 2 is 2.11 bits per heavy atom. The van der Waals surface area contributed by atoms with Crippen molar-refractivity contribution in [2.75, 3.05) is 5.32 Å². The van der Waals surface area contributed by atoms with Crippen LogP contribution in [0, 0.1) is 11.3 Å².